The molecule has 2 aromatic rings. The maximum absolute atomic E-state index is 11.7. The summed E-state index contributed by atoms with van der Waals surface area (Å²) in [5.41, 5.74) is 0.761. The number of carbonyl (C=O) groups is 2. The van der Waals surface area contributed by atoms with Crippen molar-refractivity contribution in [3.05, 3.63) is 11.4 Å². The number of morpholine rings is 1. The van der Waals surface area contributed by atoms with Crippen LogP contribution in [-0.4, -0.2) is 81.2 Å². The molecule has 0 saturated carbocycles. The number of hydrogen-bond donors (Lipinski definition) is 1. The van der Waals surface area contributed by atoms with Gasteiger partial charge in [0.15, 0.2) is 11.5 Å². The third-order valence-corrected chi connectivity index (χ3v) is 4.02. The highest BCUT2D eigenvalue weighted by molar-refractivity contribution is 5.93. The van der Waals surface area contributed by atoms with Crippen molar-refractivity contribution < 1.29 is 19.1 Å². The Balaban J connectivity index is 1.94. The molecule has 150 valence electrons. The van der Waals surface area contributed by atoms with Gasteiger partial charge in [-0.25, -0.2) is 0 Å². The van der Waals surface area contributed by atoms with E-state index in [1.807, 2.05) is 4.90 Å². The lowest BCUT2D eigenvalue weighted by molar-refractivity contribution is -0.140. The van der Waals surface area contributed by atoms with Gasteiger partial charge < -0.3 is 19.7 Å². The molecule has 0 amide bonds. The minimum absolute atomic E-state index is 0.0884. The average Bonchev–Trinajstić information content (AvgIpc) is 3.09. The molecule has 0 radical (unpaired) electrons. The Bertz CT molecular complexity index is 862. The van der Waals surface area contributed by atoms with Crippen molar-refractivity contribution in [1.29, 1.82) is 0 Å². The Hall–Kier alpha value is -3.15. The number of hydrogen-bond acceptors (Lipinski definition) is 11. The Kier molecular flexibility index (Phi) is 6.09. The summed E-state index contributed by atoms with van der Waals surface area (Å²) in [6, 6.07) is 0. The first-order valence-electron chi connectivity index (χ1n) is 8.91. The fourth-order valence-electron chi connectivity index (χ4n) is 2.64. The molecule has 0 spiro atoms. The molecule has 12 heteroatoms. The first kappa shape index (κ1) is 19.6. The van der Waals surface area contributed by atoms with Crippen molar-refractivity contribution in [2.45, 2.75) is 20.8 Å². The molecule has 0 bridgehead atoms. The van der Waals surface area contributed by atoms with E-state index >= 15 is 0 Å². The summed E-state index contributed by atoms with van der Waals surface area (Å²) in [4.78, 5) is 38.4. The molecule has 1 aliphatic heterocycles. The molecule has 2 aromatic heterocycles. The minimum Gasteiger partial charge on any atom is -0.465 e. The summed E-state index contributed by atoms with van der Waals surface area (Å²) in [7, 11) is 0. The Labute approximate surface area is 161 Å². The van der Waals surface area contributed by atoms with Gasteiger partial charge in [0.1, 0.15) is 6.54 Å². The van der Waals surface area contributed by atoms with Crippen LogP contribution in [0.25, 0.3) is 5.95 Å². The summed E-state index contributed by atoms with van der Waals surface area (Å²) in [6.07, 6.45) is 0. The number of aromatic nitrogens is 6. The normalized spacial score (nSPS) is 14.0. The van der Waals surface area contributed by atoms with Crippen molar-refractivity contribution in [2.24, 2.45) is 0 Å². The SMILES string of the molecule is CCOC(=O)CNc1nc(N2CCOCC2)nc(-n2nnc(C(C)=O)c2C)n1. The van der Waals surface area contributed by atoms with Gasteiger partial charge in [-0.05, 0) is 13.8 Å². The number of anilines is 2. The van der Waals surface area contributed by atoms with Gasteiger partial charge in [-0.1, -0.05) is 5.21 Å². The zero-order chi connectivity index (χ0) is 20.1. The summed E-state index contributed by atoms with van der Waals surface area (Å²) in [5, 5.41) is 10.7. The third kappa shape index (κ3) is 4.39. The van der Waals surface area contributed by atoms with Gasteiger partial charge in [-0.2, -0.15) is 19.6 Å². The molecule has 0 aliphatic carbocycles. The molecular formula is C16H22N8O4. The van der Waals surface area contributed by atoms with Crippen molar-refractivity contribution in [3.63, 3.8) is 0 Å². The number of ether oxygens (including phenoxy) is 2. The van der Waals surface area contributed by atoms with Crippen LogP contribution in [0.4, 0.5) is 11.9 Å². The number of nitrogens with one attached hydrogen (secondary N) is 1. The van der Waals surface area contributed by atoms with E-state index < -0.39 is 5.97 Å². The second-order valence-electron chi connectivity index (χ2n) is 6.01. The Morgan fingerprint density at radius 1 is 1.18 bits per heavy atom. The van der Waals surface area contributed by atoms with Crippen LogP contribution in [-0.2, 0) is 14.3 Å². The lowest BCUT2D eigenvalue weighted by Crippen LogP contribution is -2.37. The van der Waals surface area contributed by atoms with Gasteiger partial charge in [0.25, 0.3) is 5.95 Å². The Morgan fingerprint density at radius 2 is 1.89 bits per heavy atom. The van der Waals surface area contributed by atoms with E-state index in [0.29, 0.717) is 37.9 Å². The van der Waals surface area contributed by atoms with Gasteiger partial charge >= 0.3 is 5.97 Å². The second-order valence-corrected chi connectivity index (χ2v) is 6.01. The monoisotopic (exact) mass is 390 g/mol. The van der Waals surface area contributed by atoms with E-state index in [-0.39, 0.29) is 36.5 Å². The molecular weight excluding hydrogens is 368 g/mol. The van der Waals surface area contributed by atoms with Crippen molar-refractivity contribution in [3.8, 4) is 5.95 Å². The second kappa shape index (κ2) is 8.69. The van der Waals surface area contributed by atoms with Gasteiger partial charge in [-0.3, -0.25) is 9.59 Å². The van der Waals surface area contributed by atoms with E-state index in [9.17, 15) is 9.59 Å². The fourth-order valence-corrected chi connectivity index (χ4v) is 2.64. The van der Waals surface area contributed by atoms with E-state index in [0.717, 1.165) is 0 Å². The van der Waals surface area contributed by atoms with Gasteiger partial charge in [0, 0.05) is 20.0 Å². The van der Waals surface area contributed by atoms with Gasteiger partial charge in [-0.15, -0.1) is 5.10 Å². The van der Waals surface area contributed by atoms with Gasteiger partial charge in [0.2, 0.25) is 11.9 Å². The number of nitrogens with zero attached hydrogens (tertiary/aromatic N) is 7. The molecule has 1 N–H and O–H groups in total. The minimum atomic E-state index is -0.423. The van der Waals surface area contributed by atoms with E-state index in [1.165, 1.54) is 11.6 Å². The van der Waals surface area contributed by atoms with Crippen LogP contribution in [0.3, 0.4) is 0 Å². The van der Waals surface area contributed by atoms with Crippen LogP contribution < -0.4 is 10.2 Å². The van der Waals surface area contributed by atoms with Crippen LogP contribution in [0.1, 0.15) is 30.0 Å². The predicted octanol–water partition coefficient (Wildman–Crippen LogP) is -0.225. The highest BCUT2D eigenvalue weighted by Gasteiger charge is 2.21. The first-order valence-corrected chi connectivity index (χ1v) is 8.91. The number of carbonyl (C=O) groups excluding carboxylic acids is 2. The third-order valence-electron chi connectivity index (χ3n) is 4.02. The van der Waals surface area contributed by atoms with E-state index in [1.54, 1.807) is 13.8 Å². The van der Waals surface area contributed by atoms with Crippen LogP contribution in [0.2, 0.25) is 0 Å². The van der Waals surface area contributed by atoms with Crippen LogP contribution >= 0.6 is 0 Å². The smallest absolute Gasteiger partial charge is 0.325 e. The topological polar surface area (TPSA) is 137 Å². The maximum atomic E-state index is 11.7. The molecule has 1 fully saturated rings. The summed E-state index contributed by atoms with van der Waals surface area (Å²) in [5.74, 6) is 0.179. The highest BCUT2D eigenvalue weighted by atomic mass is 16.5. The average molecular weight is 390 g/mol. The quantitative estimate of drug-likeness (QED) is 0.496. The molecule has 3 heterocycles. The number of esters is 1. The van der Waals surface area contributed by atoms with E-state index in [4.69, 9.17) is 9.47 Å². The number of Topliss-reactive ketones (excluding diaryl/α,β-unsaturated/α-hetero) is 1. The fraction of sp³-hybridized carbons (Fsp3) is 0.562. The molecule has 0 unspecified atom stereocenters. The summed E-state index contributed by atoms with van der Waals surface area (Å²) in [6.45, 7) is 7.41. The van der Waals surface area contributed by atoms with Crippen LogP contribution in [0.5, 0.6) is 0 Å². The molecule has 1 saturated heterocycles. The van der Waals surface area contributed by atoms with Gasteiger partial charge in [0.05, 0.1) is 25.5 Å². The predicted molar refractivity (Wildman–Crippen MR) is 97.6 cm³/mol. The largest absolute Gasteiger partial charge is 0.465 e. The zero-order valence-corrected chi connectivity index (χ0v) is 16.0. The standard InChI is InChI=1S/C16H22N8O4/c1-4-28-12(26)9-17-14-18-15(23-5-7-27-8-6-23)20-16(19-14)24-10(2)13(11(3)25)21-22-24/h4-9H2,1-3H3,(H,17,18,19,20). The zero-order valence-electron chi connectivity index (χ0n) is 16.0. The highest BCUT2D eigenvalue weighted by Crippen LogP contribution is 2.16. The maximum Gasteiger partial charge on any atom is 0.325 e. The lowest BCUT2D eigenvalue weighted by atomic mass is 10.2. The summed E-state index contributed by atoms with van der Waals surface area (Å²) >= 11 is 0. The van der Waals surface area contributed by atoms with Crippen molar-refractivity contribution >= 4 is 23.6 Å². The molecule has 0 atom stereocenters. The number of rotatable bonds is 7. The first-order chi connectivity index (χ1) is 13.5. The Morgan fingerprint density at radius 3 is 2.54 bits per heavy atom. The van der Waals surface area contributed by atoms with Crippen molar-refractivity contribution in [1.82, 2.24) is 29.9 Å². The number of ketones is 1. The molecule has 12 nitrogen and oxygen atoms in total. The lowest BCUT2D eigenvalue weighted by Gasteiger charge is -2.27. The van der Waals surface area contributed by atoms with Crippen LogP contribution in [0.15, 0.2) is 0 Å². The molecule has 1 aliphatic rings. The van der Waals surface area contributed by atoms with E-state index in [2.05, 4.69) is 30.6 Å². The summed E-state index contributed by atoms with van der Waals surface area (Å²) < 4.78 is 11.6. The molecule has 28 heavy (non-hydrogen) atoms. The molecule has 3 rings (SSSR count). The van der Waals surface area contributed by atoms with Crippen molar-refractivity contribution in [2.75, 3.05) is 49.7 Å². The molecule has 0 aromatic carbocycles. The van der Waals surface area contributed by atoms with Crippen LogP contribution in [0, 0.1) is 6.92 Å².